The fourth-order valence-corrected chi connectivity index (χ4v) is 3.55. The van der Waals surface area contributed by atoms with Crippen LogP contribution in [-0.2, 0) is 0 Å². The molecule has 0 saturated heterocycles. The molecular formula is C22H26O2. The van der Waals surface area contributed by atoms with E-state index in [0.717, 1.165) is 11.3 Å². The lowest BCUT2D eigenvalue weighted by molar-refractivity contribution is 0.223. The van der Waals surface area contributed by atoms with Crippen LogP contribution in [-0.4, -0.2) is 11.7 Å². The van der Waals surface area contributed by atoms with Crippen LogP contribution in [0.5, 0.6) is 5.75 Å². The van der Waals surface area contributed by atoms with Gasteiger partial charge in [-0.15, -0.1) is 0 Å². The Labute approximate surface area is 144 Å². The summed E-state index contributed by atoms with van der Waals surface area (Å²) in [7, 11) is 0. The number of aliphatic hydroxyl groups excluding tert-OH is 1. The largest absolute Gasteiger partial charge is 0.485 e. The van der Waals surface area contributed by atoms with Gasteiger partial charge in [-0.25, -0.2) is 0 Å². The van der Waals surface area contributed by atoms with Gasteiger partial charge in [0.15, 0.2) is 0 Å². The van der Waals surface area contributed by atoms with Gasteiger partial charge in [-0.1, -0.05) is 73.5 Å². The third-order valence-corrected chi connectivity index (χ3v) is 4.84. The summed E-state index contributed by atoms with van der Waals surface area (Å²) >= 11 is 0. The molecule has 2 heteroatoms. The Bertz CT molecular complexity index is 670. The zero-order valence-corrected chi connectivity index (χ0v) is 14.3. The van der Waals surface area contributed by atoms with Gasteiger partial charge >= 0.3 is 0 Å². The highest BCUT2D eigenvalue weighted by Crippen LogP contribution is 2.41. The maximum absolute atomic E-state index is 9.13. The molecule has 0 heterocycles. The minimum absolute atomic E-state index is 0.00460. The van der Waals surface area contributed by atoms with Crippen molar-refractivity contribution in [2.45, 2.75) is 44.6 Å². The third-order valence-electron chi connectivity index (χ3n) is 4.84. The second kappa shape index (κ2) is 8.16. The molecule has 2 nitrogen and oxygen atoms in total. The van der Waals surface area contributed by atoms with E-state index in [9.17, 15) is 0 Å². The number of ether oxygens (including phenoxy) is 1. The topological polar surface area (TPSA) is 29.5 Å². The van der Waals surface area contributed by atoms with E-state index >= 15 is 0 Å². The monoisotopic (exact) mass is 322 g/mol. The molecule has 24 heavy (non-hydrogen) atoms. The molecule has 3 rings (SSSR count). The van der Waals surface area contributed by atoms with Gasteiger partial charge in [-0.3, -0.25) is 0 Å². The molecule has 126 valence electrons. The second-order valence-electron chi connectivity index (χ2n) is 6.50. The van der Waals surface area contributed by atoms with Crippen molar-refractivity contribution in [3.05, 3.63) is 71.3 Å². The predicted octanol–water partition coefficient (Wildman–Crippen LogP) is 5.49. The minimum Gasteiger partial charge on any atom is -0.485 e. The Morgan fingerprint density at radius 3 is 2.54 bits per heavy atom. The Morgan fingerprint density at radius 1 is 1.08 bits per heavy atom. The molecule has 1 fully saturated rings. The second-order valence-corrected chi connectivity index (χ2v) is 6.50. The number of rotatable bonds is 6. The molecule has 0 amide bonds. The quantitative estimate of drug-likeness (QED) is 0.762. The lowest BCUT2D eigenvalue weighted by atomic mass is 9.94. The normalized spacial score (nSPS) is 16.6. The van der Waals surface area contributed by atoms with Gasteiger partial charge in [-0.2, -0.15) is 0 Å². The van der Waals surface area contributed by atoms with E-state index < -0.39 is 0 Å². The number of benzene rings is 2. The fraction of sp³-hybridized carbons (Fsp3) is 0.364. The van der Waals surface area contributed by atoms with E-state index in [4.69, 9.17) is 9.84 Å². The Balaban J connectivity index is 1.94. The number of aliphatic hydroxyl groups is 1. The highest BCUT2D eigenvalue weighted by molar-refractivity contribution is 5.61. The fourth-order valence-electron chi connectivity index (χ4n) is 3.55. The van der Waals surface area contributed by atoms with Crippen LogP contribution in [0, 0.1) is 0 Å². The van der Waals surface area contributed by atoms with E-state index in [-0.39, 0.29) is 12.7 Å². The zero-order valence-electron chi connectivity index (χ0n) is 14.3. The highest BCUT2D eigenvalue weighted by atomic mass is 16.5. The number of hydrogen-bond acceptors (Lipinski definition) is 2. The van der Waals surface area contributed by atoms with E-state index in [0.29, 0.717) is 5.92 Å². The van der Waals surface area contributed by atoms with Gasteiger partial charge in [0.2, 0.25) is 0 Å². The minimum atomic E-state index is -0.00460. The van der Waals surface area contributed by atoms with Crippen molar-refractivity contribution in [3.8, 4) is 5.75 Å². The molecule has 1 unspecified atom stereocenters. The molecule has 2 aromatic carbocycles. The highest BCUT2D eigenvalue weighted by Gasteiger charge is 2.23. The summed E-state index contributed by atoms with van der Waals surface area (Å²) in [6.45, 7) is 2.14. The summed E-state index contributed by atoms with van der Waals surface area (Å²) in [4.78, 5) is 0. The van der Waals surface area contributed by atoms with Gasteiger partial charge in [0.25, 0.3) is 0 Å². The van der Waals surface area contributed by atoms with Crippen molar-refractivity contribution in [1.82, 2.24) is 0 Å². The molecule has 0 bridgehead atoms. The summed E-state index contributed by atoms with van der Waals surface area (Å²) in [5, 5.41) is 9.13. The van der Waals surface area contributed by atoms with Gasteiger partial charge in [-0.05, 0) is 36.8 Å². The van der Waals surface area contributed by atoms with Crippen LogP contribution in [0.4, 0.5) is 0 Å². The van der Waals surface area contributed by atoms with Crippen LogP contribution in [0.25, 0.3) is 6.08 Å². The molecule has 0 radical (unpaired) electrons. The van der Waals surface area contributed by atoms with Gasteiger partial charge in [0.1, 0.15) is 11.9 Å². The summed E-state index contributed by atoms with van der Waals surface area (Å²) in [6.07, 6.45) is 8.81. The molecule has 1 aliphatic carbocycles. The molecule has 1 aliphatic rings. The van der Waals surface area contributed by atoms with Crippen molar-refractivity contribution < 1.29 is 9.84 Å². The summed E-state index contributed by atoms with van der Waals surface area (Å²) in [5.41, 5.74) is 3.54. The van der Waals surface area contributed by atoms with Crippen molar-refractivity contribution in [2.75, 3.05) is 6.61 Å². The van der Waals surface area contributed by atoms with Crippen molar-refractivity contribution in [3.63, 3.8) is 0 Å². The Kier molecular flexibility index (Phi) is 5.71. The van der Waals surface area contributed by atoms with Crippen molar-refractivity contribution in [1.29, 1.82) is 0 Å². The van der Waals surface area contributed by atoms with Crippen LogP contribution in [0.2, 0.25) is 0 Å². The summed E-state index contributed by atoms with van der Waals surface area (Å²) < 4.78 is 6.44. The SMILES string of the molecule is CC(Oc1c(/C=C/CO)cccc1C1CCCC1)c1ccccc1. The number of hydrogen-bond donors (Lipinski definition) is 1. The Hall–Kier alpha value is -2.06. The van der Waals surface area contributed by atoms with Crippen molar-refractivity contribution in [2.24, 2.45) is 0 Å². The van der Waals surface area contributed by atoms with Crippen LogP contribution in [0.3, 0.4) is 0 Å². The average molecular weight is 322 g/mol. The molecule has 1 saturated carbocycles. The molecule has 1 N–H and O–H groups in total. The lowest BCUT2D eigenvalue weighted by Crippen LogP contribution is -2.07. The van der Waals surface area contributed by atoms with Crippen LogP contribution >= 0.6 is 0 Å². The first-order valence-corrected chi connectivity index (χ1v) is 8.91. The number of para-hydroxylation sites is 1. The standard InChI is InChI=1S/C22H26O2/c1-17(18-9-3-2-4-10-18)24-22-20(14-8-16-23)13-7-15-21(22)19-11-5-6-12-19/h2-4,7-10,13-15,17,19,23H,5-6,11-12,16H2,1H3/b14-8+. The van der Waals surface area contributed by atoms with Gasteiger partial charge in [0, 0.05) is 5.56 Å². The van der Waals surface area contributed by atoms with E-state index in [1.54, 1.807) is 6.08 Å². The van der Waals surface area contributed by atoms with Crippen LogP contribution < -0.4 is 4.74 Å². The molecule has 0 aliphatic heterocycles. The summed E-state index contributed by atoms with van der Waals surface area (Å²) in [5.74, 6) is 1.57. The van der Waals surface area contributed by atoms with Gasteiger partial charge < -0.3 is 9.84 Å². The smallest absolute Gasteiger partial charge is 0.130 e. The molecule has 1 atom stereocenters. The first-order chi connectivity index (χ1) is 11.8. The molecule has 0 spiro atoms. The first-order valence-electron chi connectivity index (χ1n) is 8.91. The van der Waals surface area contributed by atoms with E-state index in [2.05, 4.69) is 37.3 Å². The van der Waals surface area contributed by atoms with Crippen molar-refractivity contribution >= 4 is 6.08 Å². The molecule has 2 aromatic rings. The van der Waals surface area contributed by atoms with Crippen LogP contribution in [0.1, 0.15) is 61.3 Å². The maximum atomic E-state index is 9.13. The van der Waals surface area contributed by atoms with Gasteiger partial charge in [0.05, 0.1) is 6.61 Å². The first kappa shape index (κ1) is 16.8. The summed E-state index contributed by atoms with van der Waals surface area (Å²) in [6, 6.07) is 16.7. The average Bonchev–Trinajstić information content (AvgIpc) is 3.16. The van der Waals surface area contributed by atoms with E-state index in [1.165, 1.54) is 36.8 Å². The van der Waals surface area contributed by atoms with Crippen LogP contribution in [0.15, 0.2) is 54.6 Å². The molecular weight excluding hydrogens is 296 g/mol. The lowest BCUT2D eigenvalue weighted by Gasteiger charge is -2.22. The maximum Gasteiger partial charge on any atom is 0.130 e. The zero-order chi connectivity index (χ0) is 16.8. The van der Waals surface area contributed by atoms with E-state index in [1.807, 2.05) is 24.3 Å². The Morgan fingerprint density at radius 2 is 1.83 bits per heavy atom. The molecule has 0 aromatic heterocycles. The predicted molar refractivity (Wildman–Crippen MR) is 99.3 cm³/mol. The third kappa shape index (κ3) is 3.88.